The van der Waals surface area contributed by atoms with Gasteiger partial charge >= 0.3 is 0 Å². The predicted molar refractivity (Wildman–Crippen MR) is 113 cm³/mol. The first-order valence-electron chi connectivity index (χ1n) is 8.73. The zero-order valence-electron chi connectivity index (χ0n) is 15.9. The van der Waals surface area contributed by atoms with Crippen molar-refractivity contribution < 1.29 is 16.8 Å². The maximum atomic E-state index is 13.1. The number of aryl methyl sites for hydroxylation is 1. The molecule has 0 spiro atoms. The van der Waals surface area contributed by atoms with E-state index in [1.165, 1.54) is 31.3 Å². The quantitative estimate of drug-likeness (QED) is 0.460. The Labute approximate surface area is 171 Å². The van der Waals surface area contributed by atoms with Gasteiger partial charge in [-0.2, -0.15) is 8.42 Å². The molecule has 0 aliphatic carbocycles. The summed E-state index contributed by atoms with van der Waals surface area (Å²) in [6.07, 6.45) is 0. The molecule has 0 unspecified atom stereocenters. The Morgan fingerprint density at radius 1 is 0.724 bits per heavy atom. The molecule has 0 atom stereocenters. The second kappa shape index (κ2) is 8.18. The molecule has 3 aromatic rings. The van der Waals surface area contributed by atoms with Gasteiger partial charge in [0.2, 0.25) is 0 Å². The van der Waals surface area contributed by atoms with E-state index >= 15 is 0 Å². The first kappa shape index (κ1) is 20.8. The van der Waals surface area contributed by atoms with Crippen LogP contribution in [-0.4, -0.2) is 34.0 Å². The molecule has 0 saturated carbocycles. The third kappa shape index (κ3) is 4.55. The smallest absolute Gasteiger partial charge is 0.252 e. The summed E-state index contributed by atoms with van der Waals surface area (Å²) in [7, 11) is -6.85. The van der Waals surface area contributed by atoms with Gasteiger partial charge < -0.3 is 0 Å². The molecule has 3 rings (SSSR count). The van der Waals surface area contributed by atoms with Gasteiger partial charge in [0.05, 0.1) is 9.79 Å². The molecular weight excluding hydrogens is 408 g/mol. The molecule has 0 radical (unpaired) electrons. The molecule has 6 nitrogen and oxygen atoms in total. The number of hydrogen-bond acceptors (Lipinski definition) is 4. The third-order valence-corrected chi connectivity index (χ3v) is 7.30. The summed E-state index contributed by atoms with van der Waals surface area (Å²) in [6.45, 7) is 1.84. The van der Waals surface area contributed by atoms with Gasteiger partial charge in [-0.3, -0.25) is 4.31 Å². The van der Waals surface area contributed by atoms with E-state index in [0.717, 1.165) is 9.87 Å². The minimum absolute atomic E-state index is 0.0120. The molecule has 8 heteroatoms. The normalized spacial score (nSPS) is 12.6. The first-order valence-corrected chi connectivity index (χ1v) is 11.6. The van der Waals surface area contributed by atoms with Crippen molar-refractivity contribution in [1.29, 1.82) is 0 Å². The summed E-state index contributed by atoms with van der Waals surface area (Å²) in [4.78, 5) is 0.0286. The lowest BCUT2D eigenvalue weighted by Gasteiger charge is -2.21. The van der Waals surface area contributed by atoms with Crippen LogP contribution in [0.2, 0.25) is 0 Å². The number of nitrogens with zero attached hydrogens (tertiary/aromatic N) is 2. The van der Waals surface area contributed by atoms with Gasteiger partial charge in [0, 0.05) is 12.6 Å². The lowest BCUT2D eigenvalue weighted by Crippen LogP contribution is -2.34. The van der Waals surface area contributed by atoms with E-state index in [-0.39, 0.29) is 15.6 Å². The molecular formula is C21H20N2O4S2. The second-order valence-electron chi connectivity index (χ2n) is 6.35. The standard InChI is InChI=1S/C21H20N2O4S2/c1-17-13-15-19(16-14-17)28(24,25)22-21(18-9-5-3-6-10-18)23(2)29(26,27)20-11-7-4-8-12-20/h3-16H,1-2H3. The SMILES string of the molecule is Cc1ccc(S(=O)(=O)N=C(c2ccccc2)N(C)S(=O)(=O)c2ccccc2)cc1. The van der Waals surface area contributed by atoms with Crippen molar-refractivity contribution in [3.8, 4) is 0 Å². The van der Waals surface area contributed by atoms with Gasteiger partial charge in [0.25, 0.3) is 20.0 Å². The van der Waals surface area contributed by atoms with Crippen molar-refractivity contribution in [2.24, 2.45) is 4.40 Å². The third-order valence-electron chi connectivity index (χ3n) is 4.26. The van der Waals surface area contributed by atoms with Gasteiger partial charge in [0.1, 0.15) is 0 Å². The van der Waals surface area contributed by atoms with Crippen LogP contribution in [0.5, 0.6) is 0 Å². The van der Waals surface area contributed by atoms with E-state index in [0.29, 0.717) is 5.56 Å². The highest BCUT2D eigenvalue weighted by molar-refractivity contribution is 7.91. The van der Waals surface area contributed by atoms with Crippen molar-refractivity contribution in [2.45, 2.75) is 16.7 Å². The molecule has 150 valence electrons. The molecule has 0 heterocycles. The summed E-state index contributed by atoms with van der Waals surface area (Å²) >= 11 is 0. The lowest BCUT2D eigenvalue weighted by molar-refractivity contribution is 0.552. The van der Waals surface area contributed by atoms with Crippen molar-refractivity contribution in [3.05, 3.63) is 96.1 Å². The van der Waals surface area contributed by atoms with E-state index in [1.54, 1.807) is 60.7 Å². The summed E-state index contributed by atoms with van der Waals surface area (Å²) in [6, 6.07) is 22.4. The predicted octanol–water partition coefficient (Wildman–Crippen LogP) is 3.45. The molecule has 0 saturated heterocycles. The first-order chi connectivity index (χ1) is 13.7. The average molecular weight is 429 g/mol. The number of benzene rings is 3. The highest BCUT2D eigenvalue weighted by Gasteiger charge is 2.27. The van der Waals surface area contributed by atoms with Gasteiger partial charge in [-0.1, -0.05) is 66.2 Å². The van der Waals surface area contributed by atoms with Crippen LogP contribution in [0.1, 0.15) is 11.1 Å². The van der Waals surface area contributed by atoms with E-state index in [4.69, 9.17) is 0 Å². The Hall–Kier alpha value is -2.97. The van der Waals surface area contributed by atoms with Crippen LogP contribution in [0.4, 0.5) is 0 Å². The van der Waals surface area contributed by atoms with Crippen LogP contribution >= 0.6 is 0 Å². The molecule has 0 fully saturated rings. The Kier molecular flexibility index (Phi) is 5.86. The van der Waals surface area contributed by atoms with Crippen LogP contribution in [0.15, 0.2) is 99.1 Å². The van der Waals surface area contributed by atoms with Gasteiger partial charge in [-0.25, -0.2) is 8.42 Å². The van der Waals surface area contributed by atoms with E-state index in [1.807, 2.05) is 6.92 Å². The van der Waals surface area contributed by atoms with E-state index < -0.39 is 20.0 Å². The Bertz CT molecular complexity index is 1220. The molecule has 3 aromatic carbocycles. The van der Waals surface area contributed by atoms with E-state index in [9.17, 15) is 16.8 Å². The average Bonchev–Trinajstić information content (AvgIpc) is 2.73. The number of hydrogen-bond donors (Lipinski definition) is 0. The maximum Gasteiger partial charge on any atom is 0.284 e. The minimum atomic E-state index is -4.13. The molecule has 0 amide bonds. The summed E-state index contributed by atoms with van der Waals surface area (Å²) < 4.78 is 56.7. The van der Waals surface area contributed by atoms with Crippen molar-refractivity contribution in [2.75, 3.05) is 7.05 Å². The maximum absolute atomic E-state index is 13.1. The van der Waals surface area contributed by atoms with Crippen molar-refractivity contribution >= 4 is 25.9 Å². The fourth-order valence-corrected chi connectivity index (χ4v) is 4.90. The summed E-state index contributed by atoms with van der Waals surface area (Å²) in [5.74, 6) is -0.185. The van der Waals surface area contributed by atoms with Crippen LogP contribution in [0, 0.1) is 6.92 Å². The number of amidine groups is 1. The highest BCUT2D eigenvalue weighted by atomic mass is 32.2. The molecule has 0 aliphatic heterocycles. The van der Waals surface area contributed by atoms with Gasteiger partial charge in [-0.05, 0) is 31.2 Å². The Balaban J connectivity index is 2.16. The molecule has 0 N–H and O–H groups in total. The zero-order valence-corrected chi connectivity index (χ0v) is 17.6. The van der Waals surface area contributed by atoms with Crippen LogP contribution in [0.25, 0.3) is 0 Å². The molecule has 0 aromatic heterocycles. The number of sulfonamides is 2. The molecule has 0 bridgehead atoms. The second-order valence-corrected chi connectivity index (χ2v) is 9.93. The fourth-order valence-electron chi connectivity index (χ4n) is 2.62. The highest BCUT2D eigenvalue weighted by Crippen LogP contribution is 2.20. The summed E-state index contributed by atoms with van der Waals surface area (Å²) in [5, 5.41) is 0. The largest absolute Gasteiger partial charge is 0.284 e. The number of rotatable bonds is 5. The van der Waals surface area contributed by atoms with E-state index in [2.05, 4.69) is 4.40 Å². The van der Waals surface area contributed by atoms with Crippen LogP contribution in [0.3, 0.4) is 0 Å². The Morgan fingerprint density at radius 2 is 1.24 bits per heavy atom. The van der Waals surface area contributed by atoms with Crippen molar-refractivity contribution in [3.63, 3.8) is 0 Å². The van der Waals surface area contributed by atoms with Gasteiger partial charge in [-0.15, -0.1) is 4.40 Å². The Morgan fingerprint density at radius 3 is 1.79 bits per heavy atom. The molecule has 29 heavy (non-hydrogen) atoms. The van der Waals surface area contributed by atoms with Gasteiger partial charge in [0.15, 0.2) is 5.84 Å². The van der Waals surface area contributed by atoms with Crippen molar-refractivity contribution in [1.82, 2.24) is 4.31 Å². The minimum Gasteiger partial charge on any atom is -0.252 e. The van der Waals surface area contributed by atoms with Crippen LogP contribution in [-0.2, 0) is 20.0 Å². The molecule has 0 aliphatic rings. The fraction of sp³-hybridized carbons (Fsp3) is 0.0952. The lowest BCUT2D eigenvalue weighted by atomic mass is 10.2. The topological polar surface area (TPSA) is 83.9 Å². The zero-order chi connectivity index (χ0) is 21.1. The summed E-state index contributed by atoms with van der Waals surface area (Å²) in [5.41, 5.74) is 1.27. The van der Waals surface area contributed by atoms with Crippen LogP contribution < -0.4 is 0 Å². The monoisotopic (exact) mass is 428 g/mol.